The molecule has 0 fully saturated rings. The smallest absolute Gasteiger partial charge is 0.220 e. The molecule has 0 aliphatic heterocycles. The van der Waals surface area contributed by atoms with Gasteiger partial charge in [-0.05, 0) is 62.8 Å². The van der Waals surface area contributed by atoms with Crippen LogP contribution in [0.4, 0.5) is 0 Å². The Morgan fingerprint density at radius 3 is 2.45 bits per heavy atom. The Kier molecular flexibility index (Phi) is 8.00. The fourth-order valence-electron chi connectivity index (χ4n) is 3.30. The van der Waals surface area contributed by atoms with Crippen LogP contribution in [0.3, 0.4) is 0 Å². The predicted molar refractivity (Wildman–Crippen MR) is 123 cm³/mol. The van der Waals surface area contributed by atoms with Gasteiger partial charge < -0.3 is 10.1 Å². The number of aryl methyl sites for hydroxylation is 2. The Labute approximate surface area is 187 Å². The molecule has 1 aromatic carbocycles. The van der Waals surface area contributed by atoms with Crippen molar-refractivity contribution in [1.29, 1.82) is 0 Å². The highest BCUT2D eigenvalue weighted by Gasteiger charge is 2.13. The van der Waals surface area contributed by atoms with Crippen LogP contribution in [0.15, 0.2) is 53.9 Å². The van der Waals surface area contributed by atoms with E-state index in [-0.39, 0.29) is 11.9 Å². The topological polar surface area (TPSA) is 77.0 Å². The van der Waals surface area contributed by atoms with Gasteiger partial charge in [0.25, 0.3) is 0 Å². The van der Waals surface area contributed by atoms with Crippen molar-refractivity contribution in [2.45, 2.75) is 51.4 Å². The summed E-state index contributed by atoms with van der Waals surface area (Å²) in [6.45, 7) is 6.40. The van der Waals surface area contributed by atoms with E-state index in [4.69, 9.17) is 4.74 Å². The van der Waals surface area contributed by atoms with E-state index in [0.717, 1.165) is 39.0 Å². The molecule has 0 aliphatic carbocycles. The number of ether oxygens (including phenoxy) is 1. The van der Waals surface area contributed by atoms with Crippen LogP contribution in [-0.4, -0.2) is 27.1 Å². The molecule has 0 saturated heterocycles. The highest BCUT2D eigenvalue weighted by Crippen LogP contribution is 2.20. The van der Waals surface area contributed by atoms with E-state index in [0.29, 0.717) is 19.4 Å². The summed E-state index contributed by atoms with van der Waals surface area (Å²) in [5.41, 5.74) is 4.99. The minimum atomic E-state index is -0.0859. The van der Waals surface area contributed by atoms with Gasteiger partial charge in [-0.15, -0.1) is 0 Å². The van der Waals surface area contributed by atoms with Crippen molar-refractivity contribution in [2.75, 3.05) is 6.26 Å². The molecule has 3 rings (SSSR count). The maximum absolute atomic E-state index is 12.5. The van der Waals surface area contributed by atoms with Crippen LogP contribution in [0.25, 0.3) is 0 Å². The summed E-state index contributed by atoms with van der Waals surface area (Å²) in [4.78, 5) is 25.5. The van der Waals surface area contributed by atoms with Crippen molar-refractivity contribution in [3.8, 4) is 5.75 Å². The highest BCUT2D eigenvalue weighted by atomic mass is 32.2. The van der Waals surface area contributed by atoms with Gasteiger partial charge in [0.05, 0.1) is 6.04 Å². The molecular formula is C24H28N4O2S. The first kappa shape index (κ1) is 22.7. The van der Waals surface area contributed by atoms with E-state index in [2.05, 4.69) is 20.3 Å². The van der Waals surface area contributed by atoms with Crippen molar-refractivity contribution < 1.29 is 9.53 Å². The average molecular weight is 437 g/mol. The number of amides is 1. The van der Waals surface area contributed by atoms with Gasteiger partial charge in [0.15, 0.2) is 5.16 Å². The van der Waals surface area contributed by atoms with E-state index in [1.54, 1.807) is 12.4 Å². The maximum atomic E-state index is 12.5. The van der Waals surface area contributed by atoms with E-state index in [1.807, 2.05) is 63.4 Å². The van der Waals surface area contributed by atoms with Crippen LogP contribution in [0.5, 0.6) is 5.75 Å². The second kappa shape index (κ2) is 10.9. The number of benzene rings is 1. The zero-order chi connectivity index (χ0) is 22.2. The molecule has 6 nitrogen and oxygen atoms in total. The Morgan fingerprint density at radius 2 is 1.84 bits per heavy atom. The minimum Gasteiger partial charge on any atom is -0.489 e. The Balaban J connectivity index is 1.50. The number of pyridine rings is 1. The molecule has 1 N–H and O–H groups in total. The van der Waals surface area contributed by atoms with E-state index in [9.17, 15) is 4.79 Å². The predicted octanol–water partition coefficient (Wildman–Crippen LogP) is 4.60. The van der Waals surface area contributed by atoms with Gasteiger partial charge in [0.1, 0.15) is 12.4 Å². The molecular weight excluding hydrogens is 408 g/mol. The van der Waals surface area contributed by atoms with E-state index >= 15 is 0 Å². The molecule has 2 aromatic heterocycles. The molecule has 0 aliphatic rings. The van der Waals surface area contributed by atoms with Crippen molar-refractivity contribution in [3.05, 3.63) is 76.9 Å². The first-order valence-corrected chi connectivity index (χ1v) is 11.5. The molecule has 7 heteroatoms. The standard InChI is InChI=1S/C24H28N4O2S/c1-16(20-7-9-21(10-8-20)30-15-19-6-5-13-25-14-19)26-23(29)12-11-22-17(2)27-24(31-4)28-18(22)3/h5-10,13-14,16H,11-12,15H2,1-4H3,(H,26,29). The lowest BCUT2D eigenvalue weighted by atomic mass is 10.1. The molecule has 1 unspecified atom stereocenters. The van der Waals surface area contributed by atoms with Crippen molar-refractivity contribution >= 4 is 17.7 Å². The second-order valence-corrected chi connectivity index (χ2v) is 8.14. The molecule has 2 heterocycles. The highest BCUT2D eigenvalue weighted by molar-refractivity contribution is 7.98. The van der Waals surface area contributed by atoms with Crippen LogP contribution in [0, 0.1) is 13.8 Å². The van der Waals surface area contributed by atoms with Crippen molar-refractivity contribution in [3.63, 3.8) is 0 Å². The fourth-order valence-corrected chi connectivity index (χ4v) is 3.76. The number of aromatic nitrogens is 3. The summed E-state index contributed by atoms with van der Waals surface area (Å²) in [7, 11) is 0. The molecule has 0 saturated carbocycles. The lowest BCUT2D eigenvalue weighted by molar-refractivity contribution is -0.121. The summed E-state index contributed by atoms with van der Waals surface area (Å²) in [6, 6.07) is 11.6. The molecule has 3 aromatic rings. The number of nitrogens with zero attached hydrogens (tertiary/aromatic N) is 3. The lowest BCUT2D eigenvalue weighted by Gasteiger charge is -2.16. The Morgan fingerprint density at radius 1 is 1.13 bits per heavy atom. The second-order valence-electron chi connectivity index (χ2n) is 7.37. The zero-order valence-electron chi connectivity index (χ0n) is 18.4. The quantitative estimate of drug-likeness (QED) is 0.390. The lowest BCUT2D eigenvalue weighted by Crippen LogP contribution is -2.27. The molecule has 31 heavy (non-hydrogen) atoms. The molecule has 0 radical (unpaired) electrons. The normalized spacial score (nSPS) is 11.7. The molecule has 162 valence electrons. The van der Waals surface area contributed by atoms with Crippen LogP contribution in [-0.2, 0) is 17.8 Å². The molecule has 0 spiro atoms. The minimum absolute atomic E-state index is 0.0112. The number of hydrogen-bond acceptors (Lipinski definition) is 6. The number of rotatable bonds is 9. The van der Waals surface area contributed by atoms with Gasteiger partial charge in [-0.1, -0.05) is 30.0 Å². The summed E-state index contributed by atoms with van der Waals surface area (Å²) < 4.78 is 5.79. The van der Waals surface area contributed by atoms with E-state index in [1.165, 1.54) is 11.8 Å². The third kappa shape index (κ3) is 6.52. The van der Waals surface area contributed by atoms with Crippen LogP contribution in [0.2, 0.25) is 0 Å². The molecule has 1 atom stereocenters. The average Bonchev–Trinajstić information content (AvgIpc) is 2.78. The summed E-state index contributed by atoms with van der Waals surface area (Å²) >= 11 is 1.53. The fraction of sp³-hybridized carbons (Fsp3) is 0.333. The van der Waals surface area contributed by atoms with Crippen molar-refractivity contribution in [2.24, 2.45) is 0 Å². The van der Waals surface area contributed by atoms with Crippen LogP contribution < -0.4 is 10.1 Å². The number of carbonyl (C=O) groups is 1. The number of hydrogen-bond donors (Lipinski definition) is 1. The maximum Gasteiger partial charge on any atom is 0.220 e. The molecule has 0 bridgehead atoms. The SMILES string of the molecule is CSc1nc(C)c(CCC(=O)NC(C)c2ccc(OCc3cccnc3)cc2)c(C)n1. The molecule has 1 amide bonds. The van der Waals surface area contributed by atoms with Gasteiger partial charge in [0, 0.05) is 35.8 Å². The Bertz CT molecular complexity index is 987. The Hall–Kier alpha value is -2.93. The largest absolute Gasteiger partial charge is 0.489 e. The first-order valence-electron chi connectivity index (χ1n) is 10.3. The number of thioether (sulfide) groups is 1. The zero-order valence-corrected chi connectivity index (χ0v) is 19.2. The van der Waals surface area contributed by atoms with Crippen LogP contribution >= 0.6 is 11.8 Å². The third-order valence-electron chi connectivity index (χ3n) is 5.07. The van der Waals surface area contributed by atoms with Gasteiger partial charge >= 0.3 is 0 Å². The van der Waals surface area contributed by atoms with Crippen LogP contribution in [0.1, 0.15) is 47.5 Å². The first-order chi connectivity index (χ1) is 15.0. The summed E-state index contributed by atoms with van der Waals surface area (Å²) in [6.07, 6.45) is 6.53. The monoisotopic (exact) mass is 436 g/mol. The summed E-state index contributed by atoms with van der Waals surface area (Å²) in [5.74, 6) is 0.794. The summed E-state index contributed by atoms with van der Waals surface area (Å²) in [5, 5.41) is 3.84. The number of nitrogens with one attached hydrogen (secondary N) is 1. The van der Waals surface area contributed by atoms with Gasteiger partial charge in [-0.25, -0.2) is 9.97 Å². The van der Waals surface area contributed by atoms with Gasteiger partial charge in [-0.2, -0.15) is 0 Å². The number of carbonyl (C=O) groups excluding carboxylic acids is 1. The van der Waals surface area contributed by atoms with Gasteiger partial charge in [-0.3, -0.25) is 9.78 Å². The third-order valence-corrected chi connectivity index (χ3v) is 5.62. The van der Waals surface area contributed by atoms with Crippen molar-refractivity contribution in [1.82, 2.24) is 20.3 Å². The van der Waals surface area contributed by atoms with E-state index < -0.39 is 0 Å². The van der Waals surface area contributed by atoms with Gasteiger partial charge in [0.2, 0.25) is 5.91 Å².